The standard InChI is InChI=1S/C24H18Cl2N2O4/c1-31-16-10-5-7-14(13-16)20-19-22(32-28(20)15-8-3-2-4-9-15)24(30)27(23(19)29)21-17(25)11-6-12-18(21)26/h2-13,19-20,22H,1H3/t19-,20+,22+/m0/s1. The maximum atomic E-state index is 13.7. The van der Waals surface area contributed by atoms with E-state index in [1.807, 2.05) is 54.6 Å². The number of halogens is 2. The Kier molecular flexibility index (Phi) is 5.29. The highest BCUT2D eigenvalue weighted by Gasteiger charge is 2.60. The largest absolute Gasteiger partial charge is 0.497 e. The van der Waals surface area contributed by atoms with Crippen molar-refractivity contribution in [2.45, 2.75) is 12.1 Å². The number of imide groups is 1. The molecule has 0 aromatic heterocycles. The van der Waals surface area contributed by atoms with Crippen molar-refractivity contribution in [2.75, 3.05) is 17.1 Å². The van der Waals surface area contributed by atoms with Crippen LogP contribution in [0.4, 0.5) is 11.4 Å². The van der Waals surface area contributed by atoms with E-state index >= 15 is 0 Å². The van der Waals surface area contributed by atoms with Crippen molar-refractivity contribution in [1.82, 2.24) is 0 Å². The summed E-state index contributed by atoms with van der Waals surface area (Å²) in [5.41, 5.74) is 1.70. The molecule has 2 aliphatic rings. The highest BCUT2D eigenvalue weighted by atomic mass is 35.5. The second-order valence-corrected chi connectivity index (χ2v) is 8.33. The molecule has 0 unspecified atom stereocenters. The van der Waals surface area contributed by atoms with Crippen LogP contribution in [-0.2, 0) is 14.4 Å². The van der Waals surface area contributed by atoms with Crippen LogP contribution in [0.15, 0.2) is 72.8 Å². The molecule has 3 atom stereocenters. The van der Waals surface area contributed by atoms with Gasteiger partial charge >= 0.3 is 0 Å². The first-order valence-electron chi connectivity index (χ1n) is 9.98. The molecule has 2 fully saturated rings. The van der Waals surface area contributed by atoms with E-state index in [9.17, 15) is 9.59 Å². The zero-order valence-corrected chi connectivity index (χ0v) is 18.5. The van der Waals surface area contributed by atoms with Crippen molar-refractivity contribution in [1.29, 1.82) is 0 Å². The van der Waals surface area contributed by atoms with Crippen LogP contribution in [0.25, 0.3) is 0 Å². The van der Waals surface area contributed by atoms with Crippen molar-refractivity contribution in [3.63, 3.8) is 0 Å². The summed E-state index contributed by atoms with van der Waals surface area (Å²) in [5.74, 6) is -1.06. The molecule has 6 nitrogen and oxygen atoms in total. The molecule has 2 heterocycles. The van der Waals surface area contributed by atoms with E-state index in [4.69, 9.17) is 32.8 Å². The fraction of sp³-hybridized carbons (Fsp3) is 0.167. The van der Waals surface area contributed by atoms with Gasteiger partial charge in [-0.3, -0.25) is 14.4 Å². The van der Waals surface area contributed by atoms with E-state index in [2.05, 4.69) is 0 Å². The summed E-state index contributed by atoms with van der Waals surface area (Å²) in [4.78, 5) is 34.2. The molecule has 2 aliphatic heterocycles. The molecule has 3 aromatic carbocycles. The Morgan fingerprint density at radius 2 is 1.56 bits per heavy atom. The first kappa shape index (κ1) is 20.8. The van der Waals surface area contributed by atoms with E-state index in [1.165, 1.54) is 0 Å². The molecule has 8 heteroatoms. The van der Waals surface area contributed by atoms with E-state index in [0.29, 0.717) is 5.75 Å². The number of ether oxygens (including phenoxy) is 1. The number of anilines is 2. The number of hydrogen-bond donors (Lipinski definition) is 0. The SMILES string of the molecule is COc1cccc([C@@H]2[C@@H]3C(=O)N(c4c(Cl)cccc4Cl)C(=O)[C@@H]3ON2c2ccccc2)c1. The second-order valence-electron chi connectivity index (χ2n) is 7.52. The molecule has 0 spiro atoms. The van der Waals surface area contributed by atoms with Gasteiger partial charge < -0.3 is 4.74 Å². The van der Waals surface area contributed by atoms with Crippen LogP contribution in [0.3, 0.4) is 0 Å². The van der Waals surface area contributed by atoms with Crippen LogP contribution in [0.1, 0.15) is 11.6 Å². The molecule has 2 saturated heterocycles. The molecule has 2 amide bonds. The molecular weight excluding hydrogens is 451 g/mol. The summed E-state index contributed by atoms with van der Waals surface area (Å²) in [6.07, 6.45) is -1.01. The van der Waals surface area contributed by atoms with E-state index < -0.39 is 29.9 Å². The highest BCUT2D eigenvalue weighted by molar-refractivity contribution is 6.42. The van der Waals surface area contributed by atoms with E-state index in [0.717, 1.165) is 16.2 Å². The lowest BCUT2D eigenvalue weighted by Crippen LogP contribution is -2.37. The Balaban J connectivity index is 1.62. The fourth-order valence-electron chi connectivity index (χ4n) is 4.30. The van der Waals surface area contributed by atoms with Crippen LogP contribution in [0, 0.1) is 5.92 Å². The number of hydrogen-bond acceptors (Lipinski definition) is 5. The third-order valence-corrected chi connectivity index (χ3v) is 6.33. The number of carbonyl (C=O) groups excluding carboxylic acids is 2. The van der Waals surface area contributed by atoms with Gasteiger partial charge in [-0.05, 0) is 42.0 Å². The zero-order chi connectivity index (χ0) is 22.4. The van der Waals surface area contributed by atoms with Gasteiger partial charge in [0.1, 0.15) is 11.7 Å². The Hall–Kier alpha value is -3.06. The minimum atomic E-state index is -1.01. The summed E-state index contributed by atoms with van der Waals surface area (Å²) in [5, 5.41) is 2.07. The summed E-state index contributed by atoms with van der Waals surface area (Å²) in [6.45, 7) is 0. The first-order chi connectivity index (χ1) is 15.5. The van der Waals surface area contributed by atoms with Crippen molar-refractivity contribution in [3.05, 3.63) is 88.4 Å². The smallest absolute Gasteiger partial charge is 0.266 e. The van der Waals surface area contributed by atoms with E-state index in [1.54, 1.807) is 30.4 Å². The number of benzene rings is 3. The molecule has 0 bridgehead atoms. The number of carbonyl (C=O) groups is 2. The second kappa shape index (κ2) is 8.13. The maximum Gasteiger partial charge on any atom is 0.266 e. The summed E-state index contributed by atoms with van der Waals surface area (Å²) >= 11 is 12.6. The Labute approximate surface area is 194 Å². The summed E-state index contributed by atoms with van der Waals surface area (Å²) in [6, 6.07) is 21.0. The minimum Gasteiger partial charge on any atom is -0.497 e. The lowest BCUT2D eigenvalue weighted by Gasteiger charge is -2.29. The predicted octanol–water partition coefficient (Wildman–Crippen LogP) is 5.05. The molecule has 3 aromatic rings. The molecule has 32 heavy (non-hydrogen) atoms. The summed E-state index contributed by atoms with van der Waals surface area (Å²) < 4.78 is 5.38. The molecule has 0 N–H and O–H groups in total. The van der Waals surface area contributed by atoms with E-state index in [-0.39, 0.29) is 15.7 Å². The highest BCUT2D eigenvalue weighted by Crippen LogP contribution is 2.49. The van der Waals surface area contributed by atoms with Gasteiger partial charge in [-0.25, -0.2) is 9.96 Å². The van der Waals surface area contributed by atoms with Crippen LogP contribution in [-0.4, -0.2) is 25.0 Å². The first-order valence-corrected chi connectivity index (χ1v) is 10.7. The van der Waals surface area contributed by atoms with Gasteiger partial charge in [0.15, 0.2) is 6.10 Å². The number of rotatable bonds is 4. The molecule has 5 rings (SSSR count). The number of amides is 2. The van der Waals surface area contributed by atoms with Gasteiger partial charge in [-0.1, -0.05) is 59.6 Å². The number of nitrogens with zero attached hydrogens (tertiary/aromatic N) is 2. The third-order valence-electron chi connectivity index (χ3n) is 5.72. The minimum absolute atomic E-state index is 0.180. The monoisotopic (exact) mass is 468 g/mol. The Morgan fingerprint density at radius 3 is 2.25 bits per heavy atom. The Morgan fingerprint density at radius 1 is 0.875 bits per heavy atom. The van der Waals surface area contributed by atoms with Gasteiger partial charge in [0, 0.05) is 0 Å². The van der Waals surface area contributed by atoms with Crippen molar-refractivity contribution < 1.29 is 19.2 Å². The fourth-order valence-corrected chi connectivity index (χ4v) is 4.87. The van der Waals surface area contributed by atoms with Crippen LogP contribution in [0.5, 0.6) is 5.75 Å². The molecule has 0 saturated carbocycles. The predicted molar refractivity (Wildman–Crippen MR) is 122 cm³/mol. The van der Waals surface area contributed by atoms with Crippen molar-refractivity contribution in [3.8, 4) is 5.75 Å². The van der Waals surface area contributed by atoms with Crippen LogP contribution >= 0.6 is 23.2 Å². The van der Waals surface area contributed by atoms with Gasteiger partial charge in [-0.2, -0.15) is 0 Å². The van der Waals surface area contributed by atoms with Gasteiger partial charge in [-0.15, -0.1) is 0 Å². The molecule has 0 radical (unpaired) electrons. The quantitative estimate of drug-likeness (QED) is 0.501. The molecular formula is C24H18Cl2N2O4. The number of hydroxylamine groups is 1. The lowest BCUT2D eigenvalue weighted by molar-refractivity contribution is -0.126. The topological polar surface area (TPSA) is 59.1 Å². The van der Waals surface area contributed by atoms with Crippen LogP contribution < -0.4 is 14.7 Å². The maximum absolute atomic E-state index is 13.7. The van der Waals surface area contributed by atoms with Gasteiger partial charge in [0.2, 0.25) is 5.91 Å². The zero-order valence-electron chi connectivity index (χ0n) is 16.9. The molecule has 0 aliphatic carbocycles. The van der Waals surface area contributed by atoms with Crippen molar-refractivity contribution >= 4 is 46.4 Å². The third kappa shape index (κ3) is 3.23. The average molecular weight is 469 g/mol. The van der Waals surface area contributed by atoms with Crippen LogP contribution in [0.2, 0.25) is 10.0 Å². The lowest BCUT2D eigenvalue weighted by atomic mass is 9.90. The number of fused-ring (bicyclic) bond motifs is 1. The number of para-hydroxylation sites is 2. The Bertz CT molecular complexity index is 1180. The van der Waals surface area contributed by atoms with Crippen molar-refractivity contribution in [2.24, 2.45) is 5.92 Å². The number of methoxy groups -OCH3 is 1. The average Bonchev–Trinajstić information content (AvgIpc) is 3.31. The normalized spacial score (nSPS) is 22.4. The molecule has 162 valence electrons. The summed E-state index contributed by atoms with van der Waals surface area (Å²) in [7, 11) is 1.58. The van der Waals surface area contributed by atoms with Gasteiger partial charge in [0.05, 0.1) is 34.6 Å². The van der Waals surface area contributed by atoms with Gasteiger partial charge in [0.25, 0.3) is 5.91 Å².